The number of nitrogens with one attached hydrogen (secondary N) is 2. The Kier molecular flexibility index (Phi) is 6.29. The third-order valence-electron chi connectivity index (χ3n) is 4.50. The quantitative estimate of drug-likeness (QED) is 0.397. The average Bonchev–Trinajstić information content (AvgIpc) is 3.28. The smallest absolute Gasteiger partial charge is 0.322 e. The van der Waals surface area contributed by atoms with E-state index in [2.05, 4.69) is 20.2 Å². The second-order valence-corrected chi connectivity index (χ2v) is 8.82. The van der Waals surface area contributed by atoms with Crippen LogP contribution in [0.4, 0.5) is 11.7 Å². The molecule has 0 radical (unpaired) electrons. The number of sulfonamides is 1. The number of hydrogen-bond acceptors (Lipinski definition) is 7. The molecule has 0 spiro atoms. The molecule has 4 aromatic rings. The van der Waals surface area contributed by atoms with Crippen LogP contribution in [0.15, 0.2) is 82.1 Å². The predicted octanol–water partition coefficient (Wildman–Crippen LogP) is 4.45. The number of para-hydroxylation sites is 1. The first-order valence-electron chi connectivity index (χ1n) is 9.52. The minimum Gasteiger partial charge on any atom is -0.497 e. The molecular weight excluding hydrogens is 468 g/mol. The number of carbonyl (C=O) groups is 1. The van der Waals surface area contributed by atoms with Gasteiger partial charge in [0.05, 0.1) is 23.3 Å². The van der Waals surface area contributed by atoms with Gasteiger partial charge in [-0.1, -0.05) is 34.9 Å². The number of amides is 1. The van der Waals surface area contributed by atoms with Crippen LogP contribution in [-0.4, -0.2) is 31.6 Å². The monoisotopic (exact) mass is 484 g/mol. The summed E-state index contributed by atoms with van der Waals surface area (Å²) in [5, 5.41) is 10.7. The third kappa shape index (κ3) is 5.13. The molecule has 0 unspecified atom stereocenters. The second kappa shape index (κ2) is 9.31. The Bertz CT molecular complexity index is 1400. The summed E-state index contributed by atoms with van der Waals surface area (Å²) in [6, 6.07) is 18.6. The Balaban J connectivity index is 1.54. The Morgan fingerprint density at radius 2 is 1.76 bits per heavy atom. The predicted molar refractivity (Wildman–Crippen MR) is 123 cm³/mol. The molecule has 2 N–H and O–H groups in total. The molecule has 1 aromatic heterocycles. The van der Waals surface area contributed by atoms with Crippen molar-refractivity contribution in [1.82, 2.24) is 10.2 Å². The van der Waals surface area contributed by atoms with E-state index in [0.29, 0.717) is 16.3 Å². The van der Waals surface area contributed by atoms with Crippen LogP contribution in [0.3, 0.4) is 0 Å². The molecule has 1 heterocycles. The topological polar surface area (TPSA) is 123 Å². The van der Waals surface area contributed by atoms with Crippen LogP contribution in [0.5, 0.6) is 5.75 Å². The number of carbonyl (C=O) groups excluding carboxylic acids is 1. The molecule has 0 aliphatic heterocycles. The van der Waals surface area contributed by atoms with E-state index in [1.807, 2.05) is 0 Å². The molecule has 168 valence electrons. The van der Waals surface area contributed by atoms with Gasteiger partial charge in [-0.05, 0) is 54.6 Å². The van der Waals surface area contributed by atoms with E-state index >= 15 is 0 Å². The van der Waals surface area contributed by atoms with Crippen molar-refractivity contribution in [2.45, 2.75) is 4.90 Å². The Morgan fingerprint density at radius 1 is 1.00 bits per heavy atom. The Morgan fingerprint density at radius 3 is 2.52 bits per heavy atom. The number of methoxy groups -OCH3 is 1. The highest BCUT2D eigenvalue weighted by molar-refractivity contribution is 7.92. The minimum absolute atomic E-state index is 0.00180. The second-order valence-electron chi connectivity index (χ2n) is 6.70. The standard InChI is InChI=1S/C22H17ClN4O5S/c1-31-16-6-4-5-14(13-16)21-25-26-22(32-21)24-20(28)18-7-2-3-8-19(18)27-33(29,30)17-11-9-15(23)10-12-17/h2-13,27H,1H3,(H,24,26,28). The fraction of sp³-hybridized carbons (Fsp3) is 0.0455. The zero-order valence-electron chi connectivity index (χ0n) is 17.2. The summed E-state index contributed by atoms with van der Waals surface area (Å²) in [6.45, 7) is 0. The zero-order valence-corrected chi connectivity index (χ0v) is 18.7. The van der Waals surface area contributed by atoms with Crippen LogP contribution in [0.25, 0.3) is 11.5 Å². The summed E-state index contributed by atoms with van der Waals surface area (Å²) in [5.74, 6) is 0.157. The lowest BCUT2D eigenvalue weighted by atomic mass is 10.2. The van der Waals surface area contributed by atoms with Crippen molar-refractivity contribution in [2.24, 2.45) is 0 Å². The number of rotatable bonds is 7. The van der Waals surface area contributed by atoms with E-state index < -0.39 is 15.9 Å². The van der Waals surface area contributed by atoms with Crippen LogP contribution in [0, 0.1) is 0 Å². The number of benzene rings is 3. The first-order valence-corrected chi connectivity index (χ1v) is 11.4. The Hall–Kier alpha value is -3.89. The number of halogens is 1. The van der Waals surface area contributed by atoms with Gasteiger partial charge in [-0.2, -0.15) is 0 Å². The molecular formula is C22H17ClN4O5S. The molecule has 0 saturated heterocycles. The van der Waals surface area contributed by atoms with E-state index in [1.54, 1.807) is 36.4 Å². The van der Waals surface area contributed by atoms with Gasteiger partial charge in [-0.25, -0.2) is 8.42 Å². The van der Waals surface area contributed by atoms with Crippen molar-refractivity contribution < 1.29 is 22.4 Å². The maximum atomic E-state index is 12.8. The molecule has 0 fully saturated rings. The zero-order chi connectivity index (χ0) is 23.4. The Labute approximate surface area is 194 Å². The molecule has 11 heteroatoms. The van der Waals surface area contributed by atoms with Crippen LogP contribution in [0.1, 0.15) is 10.4 Å². The van der Waals surface area contributed by atoms with Crippen molar-refractivity contribution in [2.75, 3.05) is 17.1 Å². The first kappa shape index (κ1) is 22.3. The number of anilines is 2. The number of nitrogens with zero attached hydrogens (tertiary/aromatic N) is 2. The van der Waals surface area contributed by atoms with Gasteiger partial charge in [0.1, 0.15) is 5.75 Å². The molecule has 33 heavy (non-hydrogen) atoms. The van der Waals surface area contributed by atoms with E-state index in [9.17, 15) is 13.2 Å². The third-order valence-corrected chi connectivity index (χ3v) is 6.14. The molecule has 0 aliphatic rings. The molecule has 9 nitrogen and oxygen atoms in total. The largest absolute Gasteiger partial charge is 0.497 e. The minimum atomic E-state index is -3.95. The summed E-state index contributed by atoms with van der Waals surface area (Å²) in [5.41, 5.74) is 0.757. The van der Waals surface area contributed by atoms with Crippen molar-refractivity contribution in [3.63, 3.8) is 0 Å². The van der Waals surface area contributed by atoms with Gasteiger partial charge >= 0.3 is 6.01 Å². The lowest BCUT2D eigenvalue weighted by Gasteiger charge is -2.12. The molecule has 0 aliphatic carbocycles. The van der Waals surface area contributed by atoms with E-state index in [-0.39, 0.29) is 28.1 Å². The molecule has 0 bridgehead atoms. The molecule has 4 rings (SSSR count). The van der Waals surface area contributed by atoms with Gasteiger partial charge in [-0.3, -0.25) is 14.8 Å². The summed E-state index contributed by atoms with van der Waals surface area (Å²) >= 11 is 5.83. The van der Waals surface area contributed by atoms with Gasteiger partial charge in [0.25, 0.3) is 15.9 Å². The first-order chi connectivity index (χ1) is 15.9. The summed E-state index contributed by atoms with van der Waals surface area (Å²) in [4.78, 5) is 12.8. The van der Waals surface area contributed by atoms with Gasteiger partial charge in [0, 0.05) is 10.6 Å². The van der Waals surface area contributed by atoms with Gasteiger partial charge < -0.3 is 9.15 Å². The molecule has 1 amide bonds. The number of aromatic nitrogens is 2. The molecule has 3 aromatic carbocycles. The van der Waals surface area contributed by atoms with Crippen LogP contribution in [-0.2, 0) is 10.0 Å². The molecule has 0 saturated carbocycles. The maximum absolute atomic E-state index is 12.8. The van der Waals surface area contributed by atoms with Crippen LogP contribution >= 0.6 is 11.6 Å². The summed E-state index contributed by atoms with van der Waals surface area (Å²) < 4.78 is 38.6. The summed E-state index contributed by atoms with van der Waals surface area (Å²) in [7, 11) is -2.41. The van der Waals surface area contributed by atoms with Gasteiger partial charge in [0.15, 0.2) is 0 Å². The maximum Gasteiger partial charge on any atom is 0.322 e. The van der Waals surface area contributed by atoms with Gasteiger partial charge in [-0.15, -0.1) is 5.10 Å². The summed E-state index contributed by atoms with van der Waals surface area (Å²) in [6.07, 6.45) is 0. The van der Waals surface area contributed by atoms with Crippen molar-refractivity contribution in [3.05, 3.63) is 83.4 Å². The fourth-order valence-electron chi connectivity index (χ4n) is 2.90. The van der Waals surface area contributed by atoms with E-state index in [4.69, 9.17) is 20.8 Å². The highest BCUT2D eigenvalue weighted by Gasteiger charge is 2.20. The highest BCUT2D eigenvalue weighted by atomic mass is 35.5. The fourth-order valence-corrected chi connectivity index (χ4v) is 4.10. The van der Waals surface area contributed by atoms with Crippen LogP contribution < -0.4 is 14.8 Å². The average molecular weight is 485 g/mol. The number of ether oxygens (including phenoxy) is 1. The normalized spacial score (nSPS) is 11.1. The van der Waals surface area contributed by atoms with Gasteiger partial charge in [0.2, 0.25) is 5.89 Å². The SMILES string of the molecule is COc1cccc(-c2nnc(NC(=O)c3ccccc3NS(=O)(=O)c3ccc(Cl)cc3)o2)c1. The highest BCUT2D eigenvalue weighted by Crippen LogP contribution is 2.25. The van der Waals surface area contributed by atoms with Crippen LogP contribution in [0.2, 0.25) is 5.02 Å². The number of hydrogen-bond donors (Lipinski definition) is 2. The van der Waals surface area contributed by atoms with Crippen molar-refractivity contribution in [1.29, 1.82) is 0 Å². The van der Waals surface area contributed by atoms with E-state index in [1.165, 1.54) is 43.5 Å². The van der Waals surface area contributed by atoms with Crippen molar-refractivity contribution >= 4 is 39.2 Å². The lowest BCUT2D eigenvalue weighted by molar-refractivity contribution is 0.102. The van der Waals surface area contributed by atoms with Crippen molar-refractivity contribution in [3.8, 4) is 17.2 Å². The lowest BCUT2D eigenvalue weighted by Crippen LogP contribution is -2.18. The van der Waals surface area contributed by atoms with E-state index in [0.717, 1.165) is 0 Å². The molecule has 0 atom stereocenters.